The van der Waals surface area contributed by atoms with Gasteiger partial charge in [-0.15, -0.1) is 0 Å². The fourth-order valence-corrected chi connectivity index (χ4v) is 1.84. The van der Waals surface area contributed by atoms with Gasteiger partial charge in [-0.25, -0.2) is 4.39 Å². The van der Waals surface area contributed by atoms with Crippen LogP contribution in [-0.4, -0.2) is 29.4 Å². The molecule has 0 aliphatic heterocycles. The van der Waals surface area contributed by atoms with Gasteiger partial charge in [-0.1, -0.05) is 6.92 Å². The lowest BCUT2D eigenvalue weighted by Gasteiger charge is -2.16. The van der Waals surface area contributed by atoms with Crippen LogP contribution in [0.2, 0.25) is 0 Å². The van der Waals surface area contributed by atoms with Gasteiger partial charge in [-0.2, -0.15) is 0 Å². The van der Waals surface area contributed by atoms with Crippen LogP contribution in [-0.2, 0) is 4.79 Å². The molecular weight excluding hydrogens is 249 g/mol. The molecule has 4 nitrogen and oxygen atoms in total. The highest BCUT2D eigenvalue weighted by molar-refractivity contribution is 6.00. The van der Waals surface area contributed by atoms with Crippen molar-refractivity contribution in [2.24, 2.45) is 0 Å². The number of ketones is 1. The highest BCUT2D eigenvalue weighted by Gasteiger charge is 2.20. The lowest BCUT2D eigenvalue weighted by molar-refractivity contribution is -0.137. The predicted octanol–water partition coefficient (Wildman–Crippen LogP) is 2.16. The third kappa shape index (κ3) is 4.44. The zero-order chi connectivity index (χ0) is 14.4. The first-order chi connectivity index (χ1) is 8.95. The van der Waals surface area contributed by atoms with Crippen molar-refractivity contribution in [3.63, 3.8) is 0 Å². The van der Waals surface area contributed by atoms with Gasteiger partial charge in [-0.05, 0) is 43.7 Å². The minimum Gasteiger partial charge on any atom is -0.481 e. The Labute approximate surface area is 111 Å². The van der Waals surface area contributed by atoms with Crippen molar-refractivity contribution in [2.75, 3.05) is 6.54 Å². The Balaban J connectivity index is 2.85. The van der Waals surface area contributed by atoms with Crippen molar-refractivity contribution in [1.82, 2.24) is 5.32 Å². The van der Waals surface area contributed by atoms with Crippen LogP contribution in [0.15, 0.2) is 18.2 Å². The number of nitrogens with one attached hydrogen (secondary N) is 1. The molecule has 0 aliphatic carbocycles. The number of likely N-dealkylation sites (N-methyl/N-ethyl adjacent to an activating group) is 1. The van der Waals surface area contributed by atoms with Crippen LogP contribution >= 0.6 is 0 Å². The van der Waals surface area contributed by atoms with Crippen LogP contribution in [0.25, 0.3) is 0 Å². The monoisotopic (exact) mass is 267 g/mol. The van der Waals surface area contributed by atoms with Gasteiger partial charge in [0.15, 0.2) is 5.78 Å². The Morgan fingerprint density at radius 1 is 1.42 bits per heavy atom. The van der Waals surface area contributed by atoms with Gasteiger partial charge in [0.2, 0.25) is 0 Å². The zero-order valence-electron chi connectivity index (χ0n) is 11.1. The third-order valence-electron chi connectivity index (χ3n) is 2.86. The summed E-state index contributed by atoms with van der Waals surface area (Å²) in [4.78, 5) is 22.8. The van der Waals surface area contributed by atoms with Crippen molar-refractivity contribution < 1.29 is 19.1 Å². The number of aliphatic carboxylic acids is 1. The lowest BCUT2D eigenvalue weighted by Crippen LogP contribution is -2.37. The molecule has 0 amide bonds. The number of aryl methyl sites for hydroxylation is 1. The van der Waals surface area contributed by atoms with Gasteiger partial charge in [0, 0.05) is 12.0 Å². The van der Waals surface area contributed by atoms with E-state index in [2.05, 4.69) is 5.32 Å². The predicted molar refractivity (Wildman–Crippen MR) is 69.8 cm³/mol. The molecule has 1 aromatic carbocycles. The number of hydrogen-bond donors (Lipinski definition) is 2. The molecule has 0 spiro atoms. The second-order valence-electron chi connectivity index (χ2n) is 4.37. The van der Waals surface area contributed by atoms with Crippen LogP contribution in [0, 0.1) is 12.7 Å². The third-order valence-corrected chi connectivity index (χ3v) is 2.86. The molecule has 2 N–H and O–H groups in total. The SMILES string of the molecule is CCNC(CCC(=O)O)C(=O)c1ccc(F)c(C)c1. The van der Waals surface area contributed by atoms with E-state index >= 15 is 0 Å². The number of carbonyl (C=O) groups excluding carboxylic acids is 1. The molecule has 104 valence electrons. The Morgan fingerprint density at radius 2 is 2.11 bits per heavy atom. The molecule has 1 unspecified atom stereocenters. The molecule has 0 heterocycles. The quantitative estimate of drug-likeness (QED) is 0.743. The van der Waals surface area contributed by atoms with E-state index < -0.39 is 12.0 Å². The van der Waals surface area contributed by atoms with Crippen molar-refractivity contribution in [3.05, 3.63) is 35.1 Å². The first kappa shape index (κ1) is 15.3. The van der Waals surface area contributed by atoms with Crippen LogP contribution in [0.1, 0.15) is 35.7 Å². The summed E-state index contributed by atoms with van der Waals surface area (Å²) >= 11 is 0. The van der Waals surface area contributed by atoms with Gasteiger partial charge in [0.05, 0.1) is 6.04 Å². The molecule has 0 aromatic heterocycles. The van der Waals surface area contributed by atoms with E-state index in [0.717, 1.165) is 0 Å². The standard InChI is InChI=1S/C14H18FNO3/c1-3-16-12(6-7-13(17)18)14(19)10-4-5-11(15)9(2)8-10/h4-5,8,12,16H,3,6-7H2,1-2H3,(H,17,18). The number of carboxylic acid groups (broad SMARTS) is 1. The molecule has 19 heavy (non-hydrogen) atoms. The number of benzene rings is 1. The number of Topliss-reactive ketones (excluding diaryl/α,β-unsaturated/α-hetero) is 1. The Morgan fingerprint density at radius 3 is 2.63 bits per heavy atom. The molecule has 0 aliphatic rings. The van der Waals surface area contributed by atoms with Crippen molar-refractivity contribution in [1.29, 1.82) is 0 Å². The van der Waals surface area contributed by atoms with Gasteiger partial charge in [-0.3, -0.25) is 9.59 Å². The number of hydrogen-bond acceptors (Lipinski definition) is 3. The summed E-state index contributed by atoms with van der Waals surface area (Å²) in [5, 5.41) is 11.6. The fourth-order valence-electron chi connectivity index (χ4n) is 1.84. The largest absolute Gasteiger partial charge is 0.481 e. The van der Waals surface area contributed by atoms with Crippen molar-refractivity contribution in [3.8, 4) is 0 Å². The summed E-state index contributed by atoms with van der Waals surface area (Å²) in [5.41, 5.74) is 0.801. The molecule has 5 heteroatoms. The van der Waals surface area contributed by atoms with Crippen LogP contribution in [0.3, 0.4) is 0 Å². The van der Waals surface area contributed by atoms with E-state index in [-0.39, 0.29) is 24.4 Å². The van der Waals surface area contributed by atoms with Gasteiger partial charge >= 0.3 is 5.97 Å². The van der Waals surface area contributed by atoms with Crippen LogP contribution in [0.5, 0.6) is 0 Å². The summed E-state index contributed by atoms with van der Waals surface area (Å²) in [7, 11) is 0. The van der Waals surface area contributed by atoms with Gasteiger partial charge in [0.25, 0.3) is 0 Å². The van der Waals surface area contributed by atoms with E-state index in [1.54, 1.807) is 6.92 Å². The number of carbonyl (C=O) groups is 2. The van der Waals surface area contributed by atoms with Crippen LogP contribution in [0.4, 0.5) is 4.39 Å². The van der Waals surface area contributed by atoms with E-state index in [1.807, 2.05) is 6.92 Å². The van der Waals surface area contributed by atoms with Crippen molar-refractivity contribution >= 4 is 11.8 Å². The molecular formula is C14H18FNO3. The summed E-state index contributed by atoms with van der Waals surface area (Å²) in [6, 6.07) is 3.62. The van der Waals surface area contributed by atoms with Gasteiger partial charge in [0.1, 0.15) is 5.82 Å². The molecule has 0 fully saturated rings. The lowest BCUT2D eigenvalue weighted by atomic mass is 9.98. The second-order valence-corrected chi connectivity index (χ2v) is 4.37. The highest BCUT2D eigenvalue weighted by Crippen LogP contribution is 2.13. The van der Waals surface area contributed by atoms with Crippen molar-refractivity contribution in [2.45, 2.75) is 32.7 Å². The maximum Gasteiger partial charge on any atom is 0.303 e. The second kappa shape index (κ2) is 6.99. The fraction of sp³-hybridized carbons (Fsp3) is 0.429. The van der Waals surface area contributed by atoms with E-state index in [1.165, 1.54) is 18.2 Å². The summed E-state index contributed by atoms with van der Waals surface area (Å²) in [6.45, 7) is 4.00. The normalized spacial score (nSPS) is 12.2. The molecule has 0 bridgehead atoms. The summed E-state index contributed by atoms with van der Waals surface area (Å²) in [6.07, 6.45) is 0.141. The number of halogens is 1. The summed E-state index contributed by atoms with van der Waals surface area (Å²) < 4.78 is 13.2. The first-order valence-corrected chi connectivity index (χ1v) is 6.21. The highest BCUT2D eigenvalue weighted by atomic mass is 19.1. The van der Waals surface area contributed by atoms with E-state index in [9.17, 15) is 14.0 Å². The average molecular weight is 267 g/mol. The molecule has 1 aromatic rings. The topological polar surface area (TPSA) is 66.4 Å². The Bertz CT molecular complexity index is 474. The number of carboxylic acids is 1. The smallest absolute Gasteiger partial charge is 0.303 e. The molecule has 0 saturated heterocycles. The first-order valence-electron chi connectivity index (χ1n) is 6.21. The molecule has 1 rings (SSSR count). The minimum atomic E-state index is -0.939. The zero-order valence-corrected chi connectivity index (χ0v) is 11.1. The average Bonchev–Trinajstić information content (AvgIpc) is 2.36. The number of rotatable bonds is 7. The van der Waals surface area contributed by atoms with Gasteiger partial charge < -0.3 is 10.4 Å². The molecule has 1 atom stereocenters. The Kier molecular flexibility index (Phi) is 5.63. The maximum atomic E-state index is 13.2. The maximum absolute atomic E-state index is 13.2. The molecule has 0 radical (unpaired) electrons. The van der Waals surface area contributed by atoms with E-state index in [4.69, 9.17) is 5.11 Å². The molecule has 0 saturated carbocycles. The Hall–Kier alpha value is -1.75. The summed E-state index contributed by atoms with van der Waals surface area (Å²) in [5.74, 6) is -1.50. The van der Waals surface area contributed by atoms with Crippen LogP contribution < -0.4 is 5.32 Å². The van der Waals surface area contributed by atoms with E-state index in [0.29, 0.717) is 17.7 Å². The minimum absolute atomic E-state index is 0.0798.